The molecule has 1 aromatic carbocycles. The fourth-order valence-electron chi connectivity index (χ4n) is 1.74. The Bertz CT molecular complexity index is 585. The Kier molecular flexibility index (Phi) is 4.26. The Labute approximate surface area is 118 Å². The Morgan fingerprint density at radius 3 is 2.89 bits per heavy atom. The lowest BCUT2D eigenvalue weighted by Gasteiger charge is -2.02. The van der Waals surface area contributed by atoms with E-state index in [0.29, 0.717) is 12.1 Å². The van der Waals surface area contributed by atoms with Crippen LogP contribution in [0.3, 0.4) is 0 Å². The Hall–Kier alpha value is -1.76. The van der Waals surface area contributed by atoms with Crippen molar-refractivity contribution in [2.24, 2.45) is 0 Å². The predicted molar refractivity (Wildman–Crippen MR) is 74.2 cm³/mol. The molecule has 1 heterocycles. The molecule has 0 fully saturated rings. The summed E-state index contributed by atoms with van der Waals surface area (Å²) >= 11 is 3.50. The van der Waals surface area contributed by atoms with Crippen LogP contribution in [0.5, 0.6) is 0 Å². The second-order valence-corrected chi connectivity index (χ2v) is 5.21. The van der Waals surface area contributed by atoms with Crippen LogP contribution in [0.15, 0.2) is 30.5 Å². The first-order chi connectivity index (χ1) is 9.11. The molecule has 0 N–H and O–H groups in total. The largest absolute Gasteiger partial charge is 0.274 e. The first-order valence-corrected chi connectivity index (χ1v) is 6.79. The van der Waals surface area contributed by atoms with E-state index in [1.807, 2.05) is 6.92 Å². The number of aromatic nitrogens is 3. The zero-order valence-electron chi connectivity index (χ0n) is 10.4. The lowest BCUT2D eigenvalue weighted by Crippen LogP contribution is -2.03. The third kappa shape index (κ3) is 3.17. The summed E-state index contributed by atoms with van der Waals surface area (Å²) in [7, 11) is 0. The molecule has 0 bridgehead atoms. The summed E-state index contributed by atoms with van der Waals surface area (Å²) in [6.45, 7) is 2.38. The number of halogens is 1. The molecule has 1 aromatic heterocycles. The molecule has 0 aliphatic carbocycles. The van der Waals surface area contributed by atoms with Crippen molar-refractivity contribution < 1.29 is 4.92 Å². The van der Waals surface area contributed by atoms with Gasteiger partial charge < -0.3 is 0 Å². The normalized spacial score (nSPS) is 12.3. The summed E-state index contributed by atoms with van der Waals surface area (Å²) in [4.78, 5) is 10.7. The highest BCUT2D eigenvalue weighted by Crippen LogP contribution is 2.24. The molecule has 0 spiro atoms. The van der Waals surface area contributed by atoms with Gasteiger partial charge in [-0.15, -0.1) is 5.10 Å². The van der Waals surface area contributed by atoms with Crippen molar-refractivity contribution in [1.29, 1.82) is 0 Å². The van der Waals surface area contributed by atoms with Gasteiger partial charge in [0.05, 0.1) is 27.6 Å². The highest BCUT2D eigenvalue weighted by Gasteiger charge is 2.14. The van der Waals surface area contributed by atoms with Gasteiger partial charge in [-0.05, 0) is 6.42 Å². The molecule has 1 atom stereocenters. The summed E-state index contributed by atoms with van der Waals surface area (Å²) in [6, 6.07) is 6.65. The maximum absolute atomic E-state index is 10.9. The lowest BCUT2D eigenvalue weighted by atomic mass is 10.2. The molecule has 6 nitrogen and oxygen atoms in total. The zero-order valence-corrected chi connectivity index (χ0v) is 11.9. The number of rotatable bonds is 5. The van der Waals surface area contributed by atoms with Gasteiger partial charge in [-0.1, -0.05) is 46.3 Å². The van der Waals surface area contributed by atoms with Crippen molar-refractivity contribution in [3.05, 3.63) is 51.8 Å². The van der Waals surface area contributed by atoms with Crippen LogP contribution in [0.1, 0.15) is 29.4 Å². The standard InChI is InChI=1S/C12H13BrN4O2/c1-2-10(13)11-8-16(15-14-11)7-9-5-3-4-6-12(9)17(18)19/h3-6,8,10H,2,7H2,1H3. The molecule has 0 aliphatic heterocycles. The van der Waals surface area contributed by atoms with Gasteiger partial charge in [0.15, 0.2) is 0 Å². The SMILES string of the molecule is CCC(Br)c1cn(Cc2ccccc2[N+](=O)[O-])nn1. The van der Waals surface area contributed by atoms with E-state index < -0.39 is 0 Å². The van der Waals surface area contributed by atoms with E-state index in [2.05, 4.69) is 26.2 Å². The molecule has 2 aromatic rings. The van der Waals surface area contributed by atoms with Crippen LogP contribution in [0.4, 0.5) is 5.69 Å². The van der Waals surface area contributed by atoms with Crippen molar-refractivity contribution in [3.63, 3.8) is 0 Å². The topological polar surface area (TPSA) is 73.8 Å². The van der Waals surface area contributed by atoms with Gasteiger partial charge in [0.2, 0.25) is 0 Å². The maximum atomic E-state index is 10.9. The average Bonchev–Trinajstić information content (AvgIpc) is 2.86. The van der Waals surface area contributed by atoms with E-state index in [1.54, 1.807) is 29.1 Å². The van der Waals surface area contributed by atoms with Gasteiger partial charge in [-0.25, -0.2) is 4.68 Å². The third-order valence-electron chi connectivity index (χ3n) is 2.76. The molecule has 0 radical (unpaired) electrons. The number of hydrogen-bond acceptors (Lipinski definition) is 4. The monoisotopic (exact) mass is 324 g/mol. The molecule has 0 saturated heterocycles. The summed E-state index contributed by atoms with van der Waals surface area (Å²) in [5.74, 6) is 0. The number of alkyl halides is 1. The van der Waals surface area contributed by atoms with Gasteiger partial charge in [0.25, 0.3) is 5.69 Å². The zero-order chi connectivity index (χ0) is 13.8. The fourth-order valence-corrected chi connectivity index (χ4v) is 1.95. The molecule has 19 heavy (non-hydrogen) atoms. The molecular formula is C12H13BrN4O2. The highest BCUT2D eigenvalue weighted by molar-refractivity contribution is 9.09. The van der Waals surface area contributed by atoms with Crippen LogP contribution in [0, 0.1) is 10.1 Å². The fraction of sp³-hybridized carbons (Fsp3) is 0.333. The van der Waals surface area contributed by atoms with Crippen LogP contribution >= 0.6 is 15.9 Å². The van der Waals surface area contributed by atoms with Crippen molar-refractivity contribution in [3.8, 4) is 0 Å². The van der Waals surface area contributed by atoms with Crippen molar-refractivity contribution in [2.75, 3.05) is 0 Å². The smallest absolute Gasteiger partial charge is 0.258 e. The molecule has 0 amide bonds. The van der Waals surface area contributed by atoms with Crippen LogP contribution < -0.4 is 0 Å². The molecule has 2 rings (SSSR count). The summed E-state index contributed by atoms with van der Waals surface area (Å²) < 4.78 is 1.61. The minimum Gasteiger partial charge on any atom is -0.258 e. The average molecular weight is 325 g/mol. The quantitative estimate of drug-likeness (QED) is 0.481. The van der Waals surface area contributed by atoms with E-state index in [1.165, 1.54) is 6.07 Å². The second kappa shape index (κ2) is 5.92. The van der Waals surface area contributed by atoms with Gasteiger partial charge in [0.1, 0.15) is 0 Å². The van der Waals surface area contributed by atoms with Gasteiger partial charge >= 0.3 is 0 Å². The number of nitro groups is 1. The van der Waals surface area contributed by atoms with Crippen LogP contribution in [0.25, 0.3) is 0 Å². The Balaban J connectivity index is 2.22. The molecule has 7 heteroatoms. The highest BCUT2D eigenvalue weighted by atomic mass is 79.9. The Morgan fingerprint density at radius 2 is 2.21 bits per heavy atom. The van der Waals surface area contributed by atoms with Crippen molar-refractivity contribution in [1.82, 2.24) is 15.0 Å². The summed E-state index contributed by atoms with van der Waals surface area (Å²) in [5, 5.41) is 19.0. The third-order valence-corrected chi connectivity index (χ3v) is 3.87. The van der Waals surface area contributed by atoms with Gasteiger partial charge in [-0.3, -0.25) is 10.1 Å². The number of hydrogen-bond donors (Lipinski definition) is 0. The molecule has 100 valence electrons. The first-order valence-electron chi connectivity index (χ1n) is 5.88. The minimum atomic E-state index is -0.382. The van der Waals surface area contributed by atoms with Crippen LogP contribution in [-0.2, 0) is 6.54 Å². The van der Waals surface area contributed by atoms with Crippen LogP contribution in [-0.4, -0.2) is 19.9 Å². The van der Waals surface area contributed by atoms with E-state index in [-0.39, 0.29) is 15.4 Å². The maximum Gasteiger partial charge on any atom is 0.274 e. The molecule has 0 saturated carbocycles. The van der Waals surface area contributed by atoms with Gasteiger partial charge in [-0.2, -0.15) is 0 Å². The molecular weight excluding hydrogens is 312 g/mol. The van der Waals surface area contributed by atoms with E-state index >= 15 is 0 Å². The second-order valence-electron chi connectivity index (χ2n) is 4.10. The van der Waals surface area contributed by atoms with Gasteiger partial charge in [0, 0.05) is 12.3 Å². The number of nitro benzene ring substituents is 1. The number of nitrogens with zero attached hydrogens (tertiary/aromatic N) is 4. The van der Waals surface area contributed by atoms with E-state index in [0.717, 1.165) is 12.1 Å². The number of para-hydroxylation sites is 1. The summed E-state index contributed by atoms with van der Waals surface area (Å²) in [5.41, 5.74) is 1.55. The van der Waals surface area contributed by atoms with E-state index in [9.17, 15) is 10.1 Å². The minimum absolute atomic E-state index is 0.102. The lowest BCUT2D eigenvalue weighted by molar-refractivity contribution is -0.385. The number of benzene rings is 1. The first kappa shape index (κ1) is 13.7. The molecule has 1 unspecified atom stereocenters. The van der Waals surface area contributed by atoms with Crippen molar-refractivity contribution in [2.45, 2.75) is 24.7 Å². The van der Waals surface area contributed by atoms with E-state index in [4.69, 9.17) is 0 Å². The molecule has 0 aliphatic rings. The Morgan fingerprint density at radius 1 is 1.47 bits per heavy atom. The predicted octanol–water partition coefficient (Wildman–Crippen LogP) is 3.08. The van der Waals surface area contributed by atoms with Crippen LogP contribution in [0.2, 0.25) is 0 Å². The van der Waals surface area contributed by atoms with Crippen molar-refractivity contribution >= 4 is 21.6 Å². The summed E-state index contributed by atoms with van der Waals surface area (Å²) in [6.07, 6.45) is 2.71.